The fraction of sp³-hybridized carbons (Fsp3) is 1.00. The van der Waals surface area contributed by atoms with Crippen LogP contribution >= 0.6 is 0 Å². The van der Waals surface area contributed by atoms with Gasteiger partial charge in [0.25, 0.3) is 10.2 Å². The van der Waals surface area contributed by atoms with Gasteiger partial charge in [-0.2, -0.15) is 12.7 Å². The van der Waals surface area contributed by atoms with Gasteiger partial charge in [0.2, 0.25) is 0 Å². The highest BCUT2D eigenvalue weighted by Crippen LogP contribution is 2.27. The fourth-order valence-electron chi connectivity index (χ4n) is 3.58. The van der Waals surface area contributed by atoms with Crippen molar-refractivity contribution in [2.75, 3.05) is 26.2 Å². The van der Waals surface area contributed by atoms with Crippen molar-refractivity contribution < 1.29 is 8.42 Å². The standard InChI is InChI=1S/C15H31N3O2S/c1-2-16-13-15-9-5-6-12-18(15)21(19,20)17-11-10-14-7-3-4-8-14/h14-17H,2-13H2,1H3. The molecule has 6 heteroatoms. The predicted octanol–water partition coefficient (Wildman–Crippen LogP) is 1.87. The van der Waals surface area contributed by atoms with E-state index in [9.17, 15) is 8.42 Å². The summed E-state index contributed by atoms with van der Waals surface area (Å²) in [5, 5.41) is 3.29. The van der Waals surface area contributed by atoms with Crippen molar-refractivity contribution in [1.82, 2.24) is 14.3 Å². The van der Waals surface area contributed by atoms with Gasteiger partial charge in [0.1, 0.15) is 0 Å². The summed E-state index contributed by atoms with van der Waals surface area (Å²) in [6, 6.07) is 0.114. The lowest BCUT2D eigenvalue weighted by molar-refractivity contribution is 0.243. The molecule has 1 aliphatic heterocycles. The second-order valence-corrected chi connectivity index (χ2v) is 8.11. The molecule has 1 atom stereocenters. The molecule has 0 aromatic heterocycles. The summed E-state index contributed by atoms with van der Waals surface area (Å²) in [4.78, 5) is 0. The van der Waals surface area contributed by atoms with Gasteiger partial charge in [-0.3, -0.25) is 0 Å². The Labute approximate surface area is 130 Å². The number of nitrogens with zero attached hydrogens (tertiary/aromatic N) is 1. The van der Waals surface area contributed by atoms with Crippen LogP contribution in [0.15, 0.2) is 0 Å². The van der Waals surface area contributed by atoms with Crippen LogP contribution < -0.4 is 10.0 Å². The lowest BCUT2D eigenvalue weighted by Crippen LogP contribution is -2.52. The largest absolute Gasteiger partial charge is 0.315 e. The first kappa shape index (κ1) is 17.2. The van der Waals surface area contributed by atoms with Gasteiger partial charge < -0.3 is 5.32 Å². The maximum atomic E-state index is 12.5. The highest BCUT2D eigenvalue weighted by molar-refractivity contribution is 7.87. The highest BCUT2D eigenvalue weighted by Gasteiger charge is 2.31. The molecule has 0 radical (unpaired) electrons. The Morgan fingerprint density at radius 1 is 1.10 bits per heavy atom. The topological polar surface area (TPSA) is 61.4 Å². The molecule has 0 spiro atoms. The van der Waals surface area contributed by atoms with Crippen LogP contribution in [0.2, 0.25) is 0 Å². The van der Waals surface area contributed by atoms with Gasteiger partial charge in [-0.1, -0.05) is 39.0 Å². The van der Waals surface area contributed by atoms with Gasteiger partial charge in [0, 0.05) is 25.7 Å². The highest BCUT2D eigenvalue weighted by atomic mass is 32.2. The van der Waals surface area contributed by atoms with Crippen molar-refractivity contribution in [1.29, 1.82) is 0 Å². The van der Waals surface area contributed by atoms with Crippen LogP contribution in [0.5, 0.6) is 0 Å². The monoisotopic (exact) mass is 317 g/mol. The number of likely N-dealkylation sites (N-methyl/N-ethyl adjacent to an activating group) is 1. The lowest BCUT2D eigenvalue weighted by atomic mass is 10.1. The SMILES string of the molecule is CCNCC1CCCCN1S(=O)(=O)NCCC1CCCC1. The first-order valence-corrected chi connectivity index (χ1v) is 10.0. The van der Waals surface area contributed by atoms with Crippen molar-refractivity contribution in [3.8, 4) is 0 Å². The molecule has 0 amide bonds. The zero-order valence-electron chi connectivity index (χ0n) is 13.3. The molecular weight excluding hydrogens is 286 g/mol. The Hall–Kier alpha value is -0.170. The maximum Gasteiger partial charge on any atom is 0.279 e. The van der Waals surface area contributed by atoms with Gasteiger partial charge in [-0.25, -0.2) is 4.72 Å². The Morgan fingerprint density at radius 3 is 2.52 bits per heavy atom. The van der Waals surface area contributed by atoms with Crippen LogP contribution in [0.4, 0.5) is 0 Å². The number of hydrogen-bond acceptors (Lipinski definition) is 3. The lowest BCUT2D eigenvalue weighted by Gasteiger charge is -2.34. The summed E-state index contributed by atoms with van der Waals surface area (Å²) in [6.45, 7) is 4.97. The van der Waals surface area contributed by atoms with E-state index < -0.39 is 10.2 Å². The summed E-state index contributed by atoms with van der Waals surface area (Å²) in [7, 11) is -3.31. The third-order valence-corrected chi connectivity index (χ3v) is 6.49. The fourth-order valence-corrected chi connectivity index (χ4v) is 5.06. The zero-order chi connectivity index (χ0) is 15.1. The molecule has 5 nitrogen and oxygen atoms in total. The van der Waals surface area contributed by atoms with E-state index in [-0.39, 0.29) is 6.04 Å². The number of hydrogen-bond donors (Lipinski definition) is 2. The first-order chi connectivity index (χ1) is 10.1. The number of nitrogens with one attached hydrogen (secondary N) is 2. The van der Waals surface area contributed by atoms with Crippen molar-refractivity contribution in [3.05, 3.63) is 0 Å². The predicted molar refractivity (Wildman–Crippen MR) is 86.4 cm³/mol. The second kappa shape index (κ2) is 8.46. The average molecular weight is 317 g/mol. The molecule has 0 aromatic rings. The van der Waals surface area contributed by atoms with E-state index in [0.717, 1.165) is 44.7 Å². The molecule has 2 aliphatic rings. The molecule has 1 heterocycles. The quantitative estimate of drug-likeness (QED) is 0.718. The minimum Gasteiger partial charge on any atom is -0.315 e. The van der Waals surface area contributed by atoms with E-state index in [2.05, 4.69) is 17.0 Å². The molecule has 2 N–H and O–H groups in total. The van der Waals surface area contributed by atoms with Crippen molar-refractivity contribution >= 4 is 10.2 Å². The van der Waals surface area contributed by atoms with Crippen LogP contribution in [0, 0.1) is 5.92 Å². The number of rotatable bonds is 8. The number of piperidine rings is 1. The van der Waals surface area contributed by atoms with E-state index in [1.807, 2.05) is 0 Å². The van der Waals surface area contributed by atoms with Gasteiger partial charge in [-0.15, -0.1) is 0 Å². The van der Waals surface area contributed by atoms with Gasteiger partial charge in [0.15, 0.2) is 0 Å². The van der Waals surface area contributed by atoms with Crippen molar-refractivity contribution in [2.24, 2.45) is 5.92 Å². The van der Waals surface area contributed by atoms with E-state index in [1.165, 1.54) is 25.7 Å². The minimum absolute atomic E-state index is 0.114. The third kappa shape index (κ3) is 5.20. The van der Waals surface area contributed by atoms with Crippen LogP contribution in [-0.2, 0) is 10.2 Å². The van der Waals surface area contributed by atoms with E-state index in [4.69, 9.17) is 0 Å². The normalized spacial score (nSPS) is 25.5. The molecule has 1 saturated heterocycles. The summed E-state index contributed by atoms with van der Waals surface area (Å²) < 4.78 is 29.6. The Balaban J connectivity index is 1.83. The van der Waals surface area contributed by atoms with E-state index in [0.29, 0.717) is 13.1 Å². The van der Waals surface area contributed by atoms with Crippen LogP contribution in [0.25, 0.3) is 0 Å². The smallest absolute Gasteiger partial charge is 0.279 e. The Morgan fingerprint density at radius 2 is 1.81 bits per heavy atom. The molecule has 1 saturated carbocycles. The molecule has 1 unspecified atom stereocenters. The van der Waals surface area contributed by atoms with Gasteiger partial charge in [-0.05, 0) is 31.7 Å². The average Bonchev–Trinajstić information content (AvgIpc) is 2.98. The molecule has 0 aromatic carbocycles. The van der Waals surface area contributed by atoms with Gasteiger partial charge in [0.05, 0.1) is 0 Å². The maximum absolute atomic E-state index is 12.5. The third-order valence-electron chi connectivity index (χ3n) is 4.82. The summed E-state index contributed by atoms with van der Waals surface area (Å²) in [6.07, 6.45) is 9.24. The summed E-state index contributed by atoms with van der Waals surface area (Å²) >= 11 is 0. The Kier molecular flexibility index (Phi) is 6.92. The summed E-state index contributed by atoms with van der Waals surface area (Å²) in [5.74, 6) is 0.728. The molecule has 21 heavy (non-hydrogen) atoms. The molecule has 0 bridgehead atoms. The van der Waals surface area contributed by atoms with Crippen LogP contribution in [0.3, 0.4) is 0 Å². The molecular formula is C15H31N3O2S. The molecule has 124 valence electrons. The molecule has 2 fully saturated rings. The van der Waals surface area contributed by atoms with Crippen molar-refractivity contribution in [2.45, 2.75) is 64.3 Å². The molecule has 1 aliphatic carbocycles. The first-order valence-electron chi connectivity index (χ1n) is 8.60. The van der Waals surface area contributed by atoms with Crippen molar-refractivity contribution in [3.63, 3.8) is 0 Å². The van der Waals surface area contributed by atoms with Crippen LogP contribution in [0.1, 0.15) is 58.3 Å². The van der Waals surface area contributed by atoms with Gasteiger partial charge >= 0.3 is 0 Å². The second-order valence-electron chi connectivity index (χ2n) is 6.41. The zero-order valence-corrected chi connectivity index (χ0v) is 14.1. The van der Waals surface area contributed by atoms with E-state index >= 15 is 0 Å². The van der Waals surface area contributed by atoms with E-state index in [1.54, 1.807) is 4.31 Å². The summed E-state index contributed by atoms with van der Waals surface area (Å²) in [5.41, 5.74) is 0. The van der Waals surface area contributed by atoms with Crippen LogP contribution in [-0.4, -0.2) is 44.9 Å². The molecule has 2 rings (SSSR count). The Bertz CT molecular complexity index is 394. The minimum atomic E-state index is -3.31.